The van der Waals surface area contributed by atoms with E-state index in [0.29, 0.717) is 11.7 Å². The van der Waals surface area contributed by atoms with Gasteiger partial charge in [0, 0.05) is 6.20 Å². The molecule has 0 spiro atoms. The number of anilines is 1. The fraction of sp³-hybridized carbons (Fsp3) is 0.625. The van der Waals surface area contributed by atoms with Crippen LogP contribution in [0.1, 0.15) is 64.5 Å². The van der Waals surface area contributed by atoms with Crippen LogP contribution in [-0.4, -0.2) is 16.7 Å². The quantitative estimate of drug-likeness (QED) is 0.872. The van der Waals surface area contributed by atoms with E-state index in [2.05, 4.69) is 30.2 Å². The summed E-state index contributed by atoms with van der Waals surface area (Å²) >= 11 is 0. The molecule has 0 atom stereocenters. The number of carbonyl (C=O) groups excluding carboxylic acids is 1. The third kappa shape index (κ3) is 4.83. The highest BCUT2D eigenvalue weighted by atomic mass is 16.6. The van der Waals surface area contributed by atoms with Gasteiger partial charge in [-0.15, -0.1) is 0 Å². The van der Waals surface area contributed by atoms with Gasteiger partial charge < -0.3 is 4.74 Å². The van der Waals surface area contributed by atoms with E-state index in [-0.39, 0.29) is 0 Å². The van der Waals surface area contributed by atoms with Crippen molar-refractivity contribution in [3.63, 3.8) is 0 Å². The molecular formula is C16H26N2O2. The number of aromatic nitrogens is 1. The zero-order valence-corrected chi connectivity index (χ0v) is 13.4. The number of hydrogen-bond donors (Lipinski definition) is 1. The minimum Gasteiger partial charge on any atom is -0.444 e. The molecule has 0 aliphatic heterocycles. The van der Waals surface area contributed by atoms with Crippen LogP contribution in [0.3, 0.4) is 0 Å². The maximum Gasteiger partial charge on any atom is 0.413 e. The standard InChI is InChI=1S/C16H26N2O2/c1-7-12(8-2)13-9-11(3)14(17-10-13)18-15(19)20-16(4,5)6/h9-10,12H,7-8H2,1-6H3,(H,17,18,19). The van der Waals surface area contributed by atoms with E-state index in [1.165, 1.54) is 5.56 Å². The Labute approximate surface area is 121 Å². The number of hydrogen-bond acceptors (Lipinski definition) is 3. The fourth-order valence-electron chi connectivity index (χ4n) is 2.11. The molecule has 1 rings (SSSR count). The van der Waals surface area contributed by atoms with Crippen LogP contribution in [0.25, 0.3) is 0 Å². The summed E-state index contributed by atoms with van der Waals surface area (Å²) in [6.07, 6.45) is 3.56. The summed E-state index contributed by atoms with van der Waals surface area (Å²) in [6.45, 7) is 11.8. The van der Waals surface area contributed by atoms with Gasteiger partial charge in [0.1, 0.15) is 11.4 Å². The Morgan fingerprint density at radius 2 is 1.95 bits per heavy atom. The molecule has 0 aliphatic rings. The van der Waals surface area contributed by atoms with Crippen molar-refractivity contribution in [1.82, 2.24) is 4.98 Å². The lowest BCUT2D eigenvalue weighted by atomic mass is 9.94. The molecule has 0 bridgehead atoms. The first kappa shape index (κ1) is 16.5. The Hall–Kier alpha value is -1.58. The second-order valence-corrected chi connectivity index (χ2v) is 6.07. The van der Waals surface area contributed by atoms with E-state index in [4.69, 9.17) is 4.74 Å². The van der Waals surface area contributed by atoms with Crippen LogP contribution >= 0.6 is 0 Å². The lowest BCUT2D eigenvalue weighted by Crippen LogP contribution is -2.27. The Morgan fingerprint density at radius 3 is 2.40 bits per heavy atom. The van der Waals surface area contributed by atoms with Gasteiger partial charge in [-0.25, -0.2) is 9.78 Å². The molecule has 0 fully saturated rings. The van der Waals surface area contributed by atoms with Crippen molar-refractivity contribution < 1.29 is 9.53 Å². The minimum absolute atomic E-state index is 0.469. The van der Waals surface area contributed by atoms with E-state index in [1.807, 2.05) is 33.9 Å². The van der Waals surface area contributed by atoms with E-state index >= 15 is 0 Å². The second kappa shape index (κ2) is 6.73. The number of nitrogens with one attached hydrogen (secondary N) is 1. The van der Waals surface area contributed by atoms with Crippen LogP contribution in [0.15, 0.2) is 12.3 Å². The number of pyridine rings is 1. The van der Waals surface area contributed by atoms with Crippen LogP contribution < -0.4 is 5.32 Å². The number of ether oxygens (including phenoxy) is 1. The highest BCUT2D eigenvalue weighted by Gasteiger charge is 2.17. The summed E-state index contributed by atoms with van der Waals surface area (Å²) in [5.41, 5.74) is 1.68. The average Bonchev–Trinajstić information content (AvgIpc) is 2.31. The van der Waals surface area contributed by atoms with E-state index in [1.54, 1.807) is 0 Å². The summed E-state index contributed by atoms with van der Waals surface area (Å²) in [5, 5.41) is 2.70. The molecule has 112 valence electrons. The predicted molar refractivity (Wildman–Crippen MR) is 82.2 cm³/mol. The number of carbonyl (C=O) groups is 1. The van der Waals surface area contributed by atoms with Crippen molar-refractivity contribution in [2.24, 2.45) is 0 Å². The van der Waals surface area contributed by atoms with Gasteiger partial charge in [0.15, 0.2) is 0 Å². The molecule has 1 heterocycles. The number of aryl methyl sites for hydroxylation is 1. The number of amides is 1. The maximum atomic E-state index is 11.7. The second-order valence-electron chi connectivity index (χ2n) is 6.07. The molecule has 0 aliphatic carbocycles. The first-order valence-corrected chi connectivity index (χ1v) is 7.23. The molecule has 4 heteroatoms. The molecule has 4 nitrogen and oxygen atoms in total. The molecule has 0 saturated heterocycles. The largest absolute Gasteiger partial charge is 0.444 e. The highest BCUT2D eigenvalue weighted by molar-refractivity contribution is 5.84. The molecule has 0 aromatic carbocycles. The van der Waals surface area contributed by atoms with Crippen LogP contribution in [0, 0.1) is 6.92 Å². The van der Waals surface area contributed by atoms with E-state index in [9.17, 15) is 4.79 Å². The van der Waals surface area contributed by atoms with E-state index in [0.717, 1.165) is 18.4 Å². The van der Waals surface area contributed by atoms with Crippen LogP contribution in [0.4, 0.5) is 10.6 Å². The highest BCUT2D eigenvalue weighted by Crippen LogP contribution is 2.25. The Bertz CT molecular complexity index is 460. The van der Waals surface area contributed by atoms with Crippen LogP contribution in [0.2, 0.25) is 0 Å². The topological polar surface area (TPSA) is 51.2 Å². The average molecular weight is 278 g/mol. The summed E-state index contributed by atoms with van der Waals surface area (Å²) < 4.78 is 5.23. The molecule has 0 saturated carbocycles. The molecule has 1 aromatic heterocycles. The summed E-state index contributed by atoms with van der Waals surface area (Å²) in [6, 6.07) is 2.09. The molecule has 0 radical (unpaired) electrons. The first-order valence-electron chi connectivity index (χ1n) is 7.23. The molecule has 0 unspecified atom stereocenters. The van der Waals surface area contributed by atoms with Gasteiger partial charge in [0.05, 0.1) is 0 Å². The SMILES string of the molecule is CCC(CC)c1cnc(NC(=O)OC(C)(C)C)c(C)c1. The van der Waals surface area contributed by atoms with Gasteiger partial charge in [-0.1, -0.05) is 19.9 Å². The smallest absolute Gasteiger partial charge is 0.413 e. The van der Waals surface area contributed by atoms with Gasteiger partial charge in [-0.2, -0.15) is 0 Å². The van der Waals surface area contributed by atoms with Gasteiger partial charge in [-0.05, 0) is 57.6 Å². The summed E-state index contributed by atoms with van der Waals surface area (Å²) in [5.74, 6) is 1.09. The summed E-state index contributed by atoms with van der Waals surface area (Å²) in [7, 11) is 0. The number of rotatable bonds is 4. The van der Waals surface area contributed by atoms with Gasteiger partial charge in [0.2, 0.25) is 0 Å². The first-order chi connectivity index (χ1) is 9.26. The summed E-state index contributed by atoms with van der Waals surface area (Å²) in [4.78, 5) is 16.1. The molecular weight excluding hydrogens is 252 g/mol. The zero-order chi connectivity index (χ0) is 15.3. The van der Waals surface area contributed by atoms with Crippen molar-refractivity contribution in [2.75, 3.05) is 5.32 Å². The Balaban J connectivity index is 2.81. The Kier molecular flexibility index (Phi) is 5.54. The van der Waals surface area contributed by atoms with Crippen molar-refractivity contribution in [2.45, 2.75) is 65.9 Å². The van der Waals surface area contributed by atoms with Crippen LogP contribution in [-0.2, 0) is 4.74 Å². The van der Waals surface area contributed by atoms with Gasteiger partial charge in [0.25, 0.3) is 0 Å². The fourth-order valence-corrected chi connectivity index (χ4v) is 2.11. The third-order valence-corrected chi connectivity index (χ3v) is 3.18. The zero-order valence-electron chi connectivity index (χ0n) is 13.4. The lowest BCUT2D eigenvalue weighted by Gasteiger charge is -2.20. The molecule has 1 N–H and O–H groups in total. The predicted octanol–water partition coefficient (Wildman–Crippen LogP) is 4.64. The molecule has 1 amide bonds. The van der Waals surface area contributed by atoms with E-state index < -0.39 is 11.7 Å². The van der Waals surface area contributed by atoms with Gasteiger partial charge >= 0.3 is 6.09 Å². The van der Waals surface area contributed by atoms with Crippen LogP contribution in [0.5, 0.6) is 0 Å². The normalized spacial score (nSPS) is 11.6. The third-order valence-electron chi connectivity index (χ3n) is 3.18. The van der Waals surface area contributed by atoms with Crippen molar-refractivity contribution >= 4 is 11.9 Å². The lowest BCUT2D eigenvalue weighted by molar-refractivity contribution is 0.0635. The van der Waals surface area contributed by atoms with Crippen molar-refractivity contribution in [1.29, 1.82) is 0 Å². The Morgan fingerprint density at radius 1 is 1.35 bits per heavy atom. The van der Waals surface area contributed by atoms with Gasteiger partial charge in [-0.3, -0.25) is 5.32 Å². The minimum atomic E-state index is -0.507. The maximum absolute atomic E-state index is 11.7. The van der Waals surface area contributed by atoms with Crippen molar-refractivity contribution in [3.05, 3.63) is 23.4 Å². The molecule has 20 heavy (non-hydrogen) atoms. The monoisotopic (exact) mass is 278 g/mol. The van der Waals surface area contributed by atoms with Crippen molar-refractivity contribution in [3.8, 4) is 0 Å². The number of nitrogens with zero attached hydrogens (tertiary/aromatic N) is 1. The molecule has 1 aromatic rings.